The molecule has 0 atom stereocenters. The minimum absolute atomic E-state index is 0.0315. The summed E-state index contributed by atoms with van der Waals surface area (Å²) in [6.45, 7) is 1.46. The number of aromatic hydroxyl groups is 1. The molecular formula is C13H15N3O3. The Morgan fingerprint density at radius 2 is 1.95 bits per heavy atom. The molecule has 2 heterocycles. The second-order valence-corrected chi connectivity index (χ2v) is 5.02. The van der Waals surface area contributed by atoms with E-state index >= 15 is 0 Å². The van der Waals surface area contributed by atoms with Gasteiger partial charge in [-0.15, -0.1) is 0 Å². The summed E-state index contributed by atoms with van der Waals surface area (Å²) in [6, 6.07) is 1.39. The van der Waals surface area contributed by atoms with Crippen LogP contribution in [-0.2, 0) is 4.79 Å². The summed E-state index contributed by atoms with van der Waals surface area (Å²) in [4.78, 5) is 31.2. The molecule has 100 valence electrons. The van der Waals surface area contributed by atoms with Crippen LogP contribution in [0.4, 0.5) is 0 Å². The van der Waals surface area contributed by atoms with Crippen molar-refractivity contribution in [2.75, 3.05) is 19.8 Å². The highest BCUT2D eigenvalue weighted by atomic mass is 16.3. The van der Waals surface area contributed by atoms with Crippen LogP contribution in [0.15, 0.2) is 18.5 Å². The van der Waals surface area contributed by atoms with Gasteiger partial charge in [0.05, 0.1) is 18.4 Å². The second kappa shape index (κ2) is 4.53. The highest BCUT2D eigenvalue weighted by Crippen LogP contribution is 2.31. The number of aromatic nitrogens is 1. The summed E-state index contributed by atoms with van der Waals surface area (Å²) in [6.07, 6.45) is 4.65. The number of rotatable bonds is 2. The van der Waals surface area contributed by atoms with Gasteiger partial charge in [0, 0.05) is 25.2 Å². The molecule has 2 fully saturated rings. The molecule has 6 heteroatoms. The first-order valence-corrected chi connectivity index (χ1v) is 6.37. The van der Waals surface area contributed by atoms with E-state index in [2.05, 4.69) is 4.98 Å². The van der Waals surface area contributed by atoms with Gasteiger partial charge in [0.15, 0.2) is 0 Å². The Morgan fingerprint density at radius 3 is 2.63 bits per heavy atom. The van der Waals surface area contributed by atoms with Crippen LogP contribution in [0, 0.1) is 5.92 Å². The molecule has 1 aliphatic carbocycles. The molecule has 1 aromatic heterocycles. The van der Waals surface area contributed by atoms with Gasteiger partial charge in [0.1, 0.15) is 5.75 Å². The first-order valence-electron chi connectivity index (χ1n) is 6.37. The first-order chi connectivity index (χ1) is 9.15. The number of carbonyl (C=O) groups is 2. The molecule has 6 nitrogen and oxygen atoms in total. The molecule has 0 spiro atoms. The Kier molecular flexibility index (Phi) is 2.85. The Hall–Kier alpha value is -2.11. The number of pyridine rings is 1. The van der Waals surface area contributed by atoms with Crippen LogP contribution < -0.4 is 0 Å². The van der Waals surface area contributed by atoms with Gasteiger partial charge in [-0.2, -0.15) is 0 Å². The van der Waals surface area contributed by atoms with E-state index in [0.29, 0.717) is 25.3 Å². The first kappa shape index (κ1) is 12.0. The van der Waals surface area contributed by atoms with Crippen molar-refractivity contribution >= 4 is 11.8 Å². The fourth-order valence-corrected chi connectivity index (χ4v) is 2.25. The fraction of sp³-hybridized carbons (Fsp3) is 0.462. The van der Waals surface area contributed by atoms with E-state index < -0.39 is 0 Å². The van der Waals surface area contributed by atoms with Crippen molar-refractivity contribution in [3.63, 3.8) is 0 Å². The Morgan fingerprint density at radius 1 is 1.21 bits per heavy atom. The van der Waals surface area contributed by atoms with Crippen LogP contribution >= 0.6 is 0 Å². The van der Waals surface area contributed by atoms with Crippen molar-refractivity contribution in [3.8, 4) is 5.75 Å². The van der Waals surface area contributed by atoms with E-state index in [4.69, 9.17) is 0 Å². The van der Waals surface area contributed by atoms with Gasteiger partial charge in [-0.1, -0.05) is 0 Å². The predicted octanol–water partition coefficient (Wildman–Crippen LogP) is 0.439. The van der Waals surface area contributed by atoms with Gasteiger partial charge in [-0.3, -0.25) is 14.6 Å². The van der Waals surface area contributed by atoms with E-state index in [1.807, 2.05) is 0 Å². The van der Waals surface area contributed by atoms with Crippen molar-refractivity contribution < 1.29 is 14.7 Å². The van der Waals surface area contributed by atoms with E-state index in [1.54, 1.807) is 9.80 Å². The van der Waals surface area contributed by atoms with Crippen molar-refractivity contribution in [2.45, 2.75) is 12.8 Å². The lowest BCUT2D eigenvalue weighted by Gasteiger charge is -2.18. The topological polar surface area (TPSA) is 73.7 Å². The molecule has 0 aromatic carbocycles. The lowest BCUT2D eigenvalue weighted by atomic mass is 10.2. The summed E-state index contributed by atoms with van der Waals surface area (Å²) in [5.74, 6) is 0.104. The summed E-state index contributed by atoms with van der Waals surface area (Å²) in [5.41, 5.74) is 0.348. The summed E-state index contributed by atoms with van der Waals surface area (Å²) < 4.78 is 0. The Balaban J connectivity index is 1.67. The van der Waals surface area contributed by atoms with Crippen LogP contribution in [-0.4, -0.2) is 51.5 Å². The molecule has 1 aliphatic heterocycles. The molecule has 1 saturated carbocycles. The number of hydrogen-bond acceptors (Lipinski definition) is 4. The van der Waals surface area contributed by atoms with Gasteiger partial charge in [0.25, 0.3) is 5.91 Å². The minimum atomic E-state index is -0.200. The maximum Gasteiger partial charge on any atom is 0.257 e. The van der Waals surface area contributed by atoms with Gasteiger partial charge < -0.3 is 14.9 Å². The maximum absolute atomic E-state index is 12.2. The Labute approximate surface area is 110 Å². The smallest absolute Gasteiger partial charge is 0.257 e. The van der Waals surface area contributed by atoms with E-state index in [0.717, 1.165) is 12.8 Å². The van der Waals surface area contributed by atoms with Crippen LogP contribution in [0.1, 0.15) is 23.2 Å². The fourth-order valence-electron chi connectivity index (χ4n) is 2.25. The van der Waals surface area contributed by atoms with Gasteiger partial charge in [-0.25, -0.2) is 0 Å². The summed E-state index contributed by atoms with van der Waals surface area (Å²) >= 11 is 0. The molecule has 19 heavy (non-hydrogen) atoms. The van der Waals surface area contributed by atoms with Crippen LogP contribution in [0.25, 0.3) is 0 Å². The lowest BCUT2D eigenvalue weighted by Crippen LogP contribution is -2.34. The number of hydrogen-bond donors (Lipinski definition) is 1. The highest BCUT2D eigenvalue weighted by molar-refractivity contribution is 5.95. The number of amides is 2. The molecule has 3 rings (SSSR count). The molecule has 2 aliphatic rings. The molecule has 0 bridgehead atoms. The van der Waals surface area contributed by atoms with Gasteiger partial charge in [0.2, 0.25) is 5.91 Å². The maximum atomic E-state index is 12.2. The van der Waals surface area contributed by atoms with Crippen LogP contribution in [0.2, 0.25) is 0 Å². The molecule has 1 aromatic rings. The van der Waals surface area contributed by atoms with Crippen molar-refractivity contribution in [3.05, 3.63) is 24.0 Å². The van der Waals surface area contributed by atoms with Gasteiger partial charge >= 0.3 is 0 Å². The molecule has 1 N–H and O–H groups in total. The third-order valence-corrected chi connectivity index (χ3v) is 3.48. The average molecular weight is 261 g/mol. The van der Waals surface area contributed by atoms with Crippen molar-refractivity contribution in [1.82, 2.24) is 14.8 Å². The van der Waals surface area contributed by atoms with E-state index in [9.17, 15) is 14.7 Å². The zero-order chi connectivity index (χ0) is 13.4. The highest BCUT2D eigenvalue weighted by Gasteiger charge is 2.37. The summed E-state index contributed by atoms with van der Waals surface area (Å²) in [7, 11) is 0. The van der Waals surface area contributed by atoms with Gasteiger partial charge in [-0.05, 0) is 18.9 Å². The second-order valence-electron chi connectivity index (χ2n) is 5.02. The standard InChI is InChI=1S/C13H15N3O3/c17-11-5-10(6-14-7-11)13(19)16-4-3-15(8-16)12(18)9-1-2-9/h5-7,9,17H,1-4,8H2. The quantitative estimate of drug-likeness (QED) is 0.838. The SMILES string of the molecule is O=C(c1cncc(O)c1)N1CCN(C(=O)C2CC2)C1. The largest absolute Gasteiger partial charge is 0.506 e. The van der Waals surface area contributed by atoms with Crippen LogP contribution in [0.5, 0.6) is 5.75 Å². The Bertz CT molecular complexity index is 528. The zero-order valence-corrected chi connectivity index (χ0v) is 10.5. The molecule has 1 saturated heterocycles. The third-order valence-electron chi connectivity index (χ3n) is 3.48. The van der Waals surface area contributed by atoms with E-state index in [-0.39, 0.29) is 23.5 Å². The molecule has 0 unspecified atom stereocenters. The summed E-state index contributed by atoms with van der Waals surface area (Å²) in [5, 5.41) is 9.33. The average Bonchev–Trinajstić information content (AvgIpc) is 3.14. The molecule has 2 amide bonds. The normalized spacial score (nSPS) is 18.7. The predicted molar refractivity (Wildman–Crippen MR) is 66.2 cm³/mol. The molecule has 0 radical (unpaired) electrons. The van der Waals surface area contributed by atoms with E-state index in [1.165, 1.54) is 18.5 Å². The molecular weight excluding hydrogens is 246 g/mol. The zero-order valence-electron chi connectivity index (χ0n) is 10.5. The number of carbonyl (C=O) groups excluding carboxylic acids is 2. The monoisotopic (exact) mass is 261 g/mol. The lowest BCUT2D eigenvalue weighted by molar-refractivity contribution is -0.131. The third kappa shape index (κ3) is 2.38. The van der Waals surface area contributed by atoms with Crippen molar-refractivity contribution in [1.29, 1.82) is 0 Å². The van der Waals surface area contributed by atoms with Crippen molar-refractivity contribution in [2.24, 2.45) is 5.92 Å². The van der Waals surface area contributed by atoms with Crippen LogP contribution in [0.3, 0.4) is 0 Å². The number of nitrogens with zero attached hydrogens (tertiary/aromatic N) is 3. The minimum Gasteiger partial charge on any atom is -0.506 e.